The minimum absolute atomic E-state index is 0.0691. The third-order valence-electron chi connectivity index (χ3n) is 7.34. The summed E-state index contributed by atoms with van der Waals surface area (Å²) in [6, 6.07) is 5.49. The number of rotatable bonds is 7. The smallest absolute Gasteiger partial charge is 0.254 e. The molecule has 0 unspecified atom stereocenters. The zero-order chi connectivity index (χ0) is 23.5. The van der Waals surface area contributed by atoms with E-state index in [0.717, 1.165) is 31.6 Å². The third-order valence-corrected chi connectivity index (χ3v) is 7.34. The number of nitrogens with zero attached hydrogens (tertiary/aromatic N) is 5. The number of aromatic nitrogens is 4. The van der Waals surface area contributed by atoms with Gasteiger partial charge in [-0.25, -0.2) is 14.6 Å². The van der Waals surface area contributed by atoms with Crippen molar-refractivity contribution in [3.8, 4) is 17.4 Å². The summed E-state index contributed by atoms with van der Waals surface area (Å²) in [4.78, 5) is 25.1. The van der Waals surface area contributed by atoms with Crippen LogP contribution >= 0.6 is 0 Å². The molecule has 0 aromatic carbocycles. The molecule has 1 saturated carbocycles. The second-order valence-corrected chi connectivity index (χ2v) is 9.89. The highest BCUT2D eigenvalue weighted by Crippen LogP contribution is 2.36. The predicted octanol–water partition coefficient (Wildman–Crippen LogP) is 4.57. The van der Waals surface area contributed by atoms with Crippen LogP contribution in [0.4, 0.5) is 0 Å². The lowest BCUT2D eigenvalue weighted by molar-refractivity contribution is 0.0642. The molecule has 1 amide bonds. The van der Waals surface area contributed by atoms with Crippen LogP contribution in [0.3, 0.4) is 0 Å². The van der Waals surface area contributed by atoms with Crippen molar-refractivity contribution >= 4 is 5.91 Å². The lowest BCUT2D eigenvalue weighted by atomic mass is 9.92. The number of hydrogen-bond donors (Lipinski definition) is 1. The van der Waals surface area contributed by atoms with Crippen LogP contribution in [0, 0.1) is 0 Å². The standard InChI is InChI=1S/C26H34N6O2/c1-19(2)23-20(17-29-32(23)25-27-13-10-21(30-25)22-9-8-16-34-22)24(33)28-18-26(11-4-5-12-26)31-14-6-3-7-15-31/h8-10,13,16-17,19H,3-7,11-12,14-15,18H2,1-2H3,(H,28,33). The minimum atomic E-state index is -0.0691. The Morgan fingerprint density at radius 1 is 1.15 bits per heavy atom. The highest BCUT2D eigenvalue weighted by Gasteiger charge is 2.40. The molecule has 0 radical (unpaired) electrons. The summed E-state index contributed by atoms with van der Waals surface area (Å²) in [6.07, 6.45) is 13.6. The number of hydrogen-bond acceptors (Lipinski definition) is 6. The summed E-state index contributed by atoms with van der Waals surface area (Å²) in [5.41, 5.74) is 2.18. The van der Waals surface area contributed by atoms with Gasteiger partial charge in [-0.15, -0.1) is 0 Å². The second kappa shape index (κ2) is 9.70. The molecule has 3 aromatic rings. The largest absolute Gasteiger partial charge is 0.463 e. The summed E-state index contributed by atoms with van der Waals surface area (Å²) < 4.78 is 7.17. The van der Waals surface area contributed by atoms with E-state index in [1.807, 2.05) is 12.1 Å². The first-order chi connectivity index (χ1) is 16.6. The van der Waals surface area contributed by atoms with Crippen molar-refractivity contribution in [1.82, 2.24) is 30.0 Å². The molecule has 8 heteroatoms. The Balaban J connectivity index is 1.38. The lowest BCUT2D eigenvalue weighted by Gasteiger charge is -2.43. The second-order valence-electron chi connectivity index (χ2n) is 9.89. The Labute approximate surface area is 200 Å². The Morgan fingerprint density at radius 2 is 1.94 bits per heavy atom. The Hall–Kier alpha value is -3.00. The molecule has 8 nitrogen and oxygen atoms in total. The van der Waals surface area contributed by atoms with Gasteiger partial charge >= 0.3 is 0 Å². The average Bonchev–Trinajstić information content (AvgIpc) is 3.64. The van der Waals surface area contributed by atoms with Crippen molar-refractivity contribution in [2.45, 2.75) is 70.3 Å². The van der Waals surface area contributed by atoms with E-state index in [2.05, 4.69) is 39.1 Å². The number of piperidine rings is 1. The van der Waals surface area contributed by atoms with Crippen LogP contribution in [0.5, 0.6) is 0 Å². The number of amides is 1. The maximum atomic E-state index is 13.4. The van der Waals surface area contributed by atoms with Gasteiger partial charge in [-0.3, -0.25) is 9.69 Å². The van der Waals surface area contributed by atoms with Gasteiger partial charge in [0.25, 0.3) is 11.9 Å². The first kappa shape index (κ1) is 22.8. The molecule has 180 valence electrons. The summed E-state index contributed by atoms with van der Waals surface area (Å²) in [7, 11) is 0. The normalized spacial score (nSPS) is 18.4. The molecule has 1 N–H and O–H groups in total. The highest BCUT2D eigenvalue weighted by molar-refractivity contribution is 5.95. The Bertz CT molecular complexity index is 1110. The zero-order valence-corrected chi connectivity index (χ0v) is 20.2. The van der Waals surface area contributed by atoms with E-state index >= 15 is 0 Å². The van der Waals surface area contributed by atoms with Gasteiger partial charge in [0.05, 0.1) is 23.7 Å². The molecule has 0 atom stereocenters. The lowest BCUT2D eigenvalue weighted by Crippen LogP contribution is -2.55. The Kier molecular flexibility index (Phi) is 6.50. The fraction of sp³-hybridized carbons (Fsp3) is 0.538. The van der Waals surface area contributed by atoms with Crippen molar-refractivity contribution in [2.24, 2.45) is 0 Å². The summed E-state index contributed by atoms with van der Waals surface area (Å²) >= 11 is 0. The number of furan rings is 1. The van der Waals surface area contributed by atoms with E-state index in [1.165, 1.54) is 32.1 Å². The predicted molar refractivity (Wildman–Crippen MR) is 130 cm³/mol. The first-order valence-corrected chi connectivity index (χ1v) is 12.6. The molecule has 34 heavy (non-hydrogen) atoms. The molecule has 4 heterocycles. The van der Waals surface area contributed by atoms with Crippen LogP contribution in [0.2, 0.25) is 0 Å². The van der Waals surface area contributed by atoms with Crippen LogP contribution in [0.1, 0.15) is 80.8 Å². The van der Waals surface area contributed by atoms with Crippen molar-refractivity contribution in [3.05, 3.63) is 48.1 Å². The van der Waals surface area contributed by atoms with Gasteiger partial charge in [-0.05, 0) is 62.9 Å². The molecule has 1 saturated heterocycles. The van der Waals surface area contributed by atoms with Crippen molar-refractivity contribution < 1.29 is 9.21 Å². The fourth-order valence-corrected chi connectivity index (χ4v) is 5.61. The molecule has 0 spiro atoms. The number of carbonyl (C=O) groups excluding carboxylic acids is 1. The molecule has 1 aliphatic heterocycles. The van der Waals surface area contributed by atoms with Crippen molar-refractivity contribution in [3.63, 3.8) is 0 Å². The van der Waals surface area contributed by atoms with E-state index in [9.17, 15) is 4.79 Å². The van der Waals surface area contributed by atoms with Crippen LogP contribution in [0.15, 0.2) is 41.3 Å². The van der Waals surface area contributed by atoms with Gasteiger partial charge in [-0.1, -0.05) is 33.1 Å². The summed E-state index contributed by atoms with van der Waals surface area (Å²) in [5, 5.41) is 7.81. The van der Waals surface area contributed by atoms with Crippen LogP contribution in [0.25, 0.3) is 17.4 Å². The Morgan fingerprint density at radius 3 is 2.65 bits per heavy atom. The van der Waals surface area contributed by atoms with Gasteiger partial charge in [-0.2, -0.15) is 5.10 Å². The van der Waals surface area contributed by atoms with E-state index in [1.54, 1.807) is 29.4 Å². The van der Waals surface area contributed by atoms with E-state index in [4.69, 9.17) is 4.42 Å². The SMILES string of the molecule is CC(C)c1c(C(=O)NCC2(N3CCCCC3)CCCC2)cnn1-c1nccc(-c2ccco2)n1. The van der Waals surface area contributed by atoms with Gasteiger partial charge in [0.1, 0.15) is 5.69 Å². The summed E-state index contributed by atoms with van der Waals surface area (Å²) in [5.74, 6) is 1.10. The third kappa shape index (κ3) is 4.39. The topological polar surface area (TPSA) is 89.1 Å². The quantitative estimate of drug-likeness (QED) is 0.553. The van der Waals surface area contributed by atoms with Gasteiger partial charge in [0.15, 0.2) is 5.76 Å². The monoisotopic (exact) mass is 462 g/mol. The first-order valence-electron chi connectivity index (χ1n) is 12.6. The number of nitrogens with one attached hydrogen (secondary N) is 1. The number of carbonyl (C=O) groups is 1. The molecule has 2 fully saturated rings. The highest BCUT2D eigenvalue weighted by atomic mass is 16.3. The van der Waals surface area contributed by atoms with Crippen LogP contribution in [-0.4, -0.2) is 55.7 Å². The van der Waals surface area contributed by atoms with Crippen molar-refractivity contribution in [1.29, 1.82) is 0 Å². The van der Waals surface area contributed by atoms with E-state index < -0.39 is 0 Å². The zero-order valence-electron chi connectivity index (χ0n) is 20.2. The fourth-order valence-electron chi connectivity index (χ4n) is 5.61. The molecular weight excluding hydrogens is 428 g/mol. The van der Waals surface area contributed by atoms with Crippen LogP contribution < -0.4 is 5.32 Å². The number of likely N-dealkylation sites (tertiary alicyclic amines) is 1. The van der Waals surface area contributed by atoms with Crippen LogP contribution in [-0.2, 0) is 0 Å². The van der Waals surface area contributed by atoms with Gasteiger partial charge in [0.2, 0.25) is 0 Å². The molecule has 5 rings (SSSR count). The minimum Gasteiger partial charge on any atom is -0.463 e. The average molecular weight is 463 g/mol. The van der Waals surface area contributed by atoms with E-state index in [-0.39, 0.29) is 17.4 Å². The maximum absolute atomic E-state index is 13.4. The molecule has 1 aliphatic carbocycles. The van der Waals surface area contributed by atoms with E-state index in [0.29, 0.717) is 29.5 Å². The maximum Gasteiger partial charge on any atom is 0.254 e. The molecule has 3 aromatic heterocycles. The van der Waals surface area contributed by atoms with Gasteiger partial charge in [0, 0.05) is 18.3 Å². The van der Waals surface area contributed by atoms with Gasteiger partial charge < -0.3 is 9.73 Å². The van der Waals surface area contributed by atoms with Crippen molar-refractivity contribution in [2.75, 3.05) is 19.6 Å². The molecule has 0 bridgehead atoms. The molecular formula is C26H34N6O2. The summed E-state index contributed by atoms with van der Waals surface area (Å²) in [6.45, 7) is 7.11. The molecule has 2 aliphatic rings.